The van der Waals surface area contributed by atoms with Crippen molar-refractivity contribution >= 4 is 5.91 Å². The molecule has 0 unspecified atom stereocenters. The van der Waals surface area contributed by atoms with Crippen molar-refractivity contribution in [2.45, 2.75) is 78.1 Å². The van der Waals surface area contributed by atoms with Crippen molar-refractivity contribution in [3.05, 3.63) is 0 Å². The van der Waals surface area contributed by atoms with E-state index in [1.54, 1.807) is 0 Å². The van der Waals surface area contributed by atoms with Gasteiger partial charge in [0, 0.05) is 13.0 Å². The third kappa shape index (κ3) is 14.1. The second-order valence-electron chi connectivity index (χ2n) is 5.77. The maximum atomic E-state index is 11.6. The molecule has 0 heterocycles. The van der Waals surface area contributed by atoms with Gasteiger partial charge in [0.15, 0.2) is 0 Å². The van der Waals surface area contributed by atoms with E-state index in [0.29, 0.717) is 19.7 Å². The van der Waals surface area contributed by atoms with Crippen molar-refractivity contribution in [2.75, 3.05) is 26.4 Å². The molecule has 0 spiro atoms. The number of nitrogens with zero attached hydrogens (tertiary/aromatic N) is 1. The maximum Gasteiger partial charge on any atom is 0.220 e. The first-order valence-electron chi connectivity index (χ1n) is 8.84. The Morgan fingerprint density at radius 3 is 2.14 bits per heavy atom. The number of aliphatic hydroxyl groups excluding tert-OH is 1. The van der Waals surface area contributed by atoms with Gasteiger partial charge < -0.3 is 10.4 Å². The Balaban J connectivity index is 3.46. The number of hydrogen-bond acceptors (Lipinski definition) is 3. The van der Waals surface area contributed by atoms with Crippen LogP contribution in [-0.4, -0.2) is 42.3 Å². The highest BCUT2D eigenvalue weighted by molar-refractivity contribution is 5.75. The quantitative estimate of drug-likeness (QED) is 0.360. The predicted molar refractivity (Wildman–Crippen MR) is 89.2 cm³/mol. The van der Waals surface area contributed by atoms with Crippen LogP contribution in [0.4, 0.5) is 0 Å². The number of carbonyl (C=O) groups excluding carboxylic acids is 1. The summed E-state index contributed by atoms with van der Waals surface area (Å²) in [5.74, 6) is 0.180. The molecule has 0 rings (SSSR count). The van der Waals surface area contributed by atoms with Crippen LogP contribution < -0.4 is 5.32 Å². The lowest BCUT2D eigenvalue weighted by Crippen LogP contribution is -2.38. The summed E-state index contributed by atoms with van der Waals surface area (Å²) < 4.78 is 0. The summed E-state index contributed by atoms with van der Waals surface area (Å²) in [6.07, 6.45) is 11.1. The Morgan fingerprint density at radius 1 is 0.952 bits per heavy atom. The van der Waals surface area contributed by atoms with Gasteiger partial charge in [-0.2, -0.15) is 0 Å². The molecule has 0 aliphatic rings. The van der Waals surface area contributed by atoms with Crippen LogP contribution >= 0.6 is 0 Å². The van der Waals surface area contributed by atoms with E-state index in [1.165, 1.54) is 32.1 Å². The monoisotopic (exact) mass is 300 g/mol. The van der Waals surface area contributed by atoms with Gasteiger partial charge in [0.1, 0.15) is 0 Å². The van der Waals surface area contributed by atoms with E-state index in [4.69, 9.17) is 5.11 Å². The largest absolute Gasteiger partial charge is 0.396 e. The molecule has 0 saturated heterocycles. The van der Waals surface area contributed by atoms with E-state index in [9.17, 15) is 4.79 Å². The number of amides is 1. The van der Waals surface area contributed by atoms with E-state index < -0.39 is 0 Å². The van der Waals surface area contributed by atoms with Crippen molar-refractivity contribution in [3.8, 4) is 0 Å². The van der Waals surface area contributed by atoms with Crippen LogP contribution in [0, 0.1) is 0 Å². The number of aliphatic hydroxyl groups is 1. The third-order valence-corrected chi connectivity index (χ3v) is 3.84. The number of unbranched alkanes of at least 4 members (excludes halogenated alkanes) is 7. The Hall–Kier alpha value is -0.610. The minimum absolute atomic E-state index is 0.180. The molecular weight excluding hydrogens is 264 g/mol. The zero-order valence-corrected chi connectivity index (χ0v) is 14.2. The van der Waals surface area contributed by atoms with Crippen molar-refractivity contribution in [1.82, 2.24) is 10.2 Å². The number of nitrogens with one attached hydrogen (secondary N) is 1. The van der Waals surface area contributed by atoms with Gasteiger partial charge in [-0.05, 0) is 32.4 Å². The second-order valence-corrected chi connectivity index (χ2v) is 5.77. The minimum atomic E-state index is 0.180. The molecule has 0 atom stereocenters. The van der Waals surface area contributed by atoms with Gasteiger partial charge in [0.2, 0.25) is 5.91 Å². The van der Waals surface area contributed by atoms with Crippen molar-refractivity contribution < 1.29 is 9.90 Å². The molecule has 0 aromatic carbocycles. The first kappa shape index (κ1) is 20.4. The molecule has 0 bridgehead atoms. The molecule has 0 radical (unpaired) electrons. The molecule has 4 nitrogen and oxygen atoms in total. The topological polar surface area (TPSA) is 52.6 Å². The van der Waals surface area contributed by atoms with Crippen molar-refractivity contribution in [1.29, 1.82) is 0 Å². The Kier molecular flexibility index (Phi) is 15.3. The van der Waals surface area contributed by atoms with Gasteiger partial charge >= 0.3 is 0 Å². The lowest BCUT2D eigenvalue weighted by Gasteiger charge is -2.20. The van der Waals surface area contributed by atoms with Crippen LogP contribution in [0.15, 0.2) is 0 Å². The molecule has 0 aromatic rings. The van der Waals surface area contributed by atoms with E-state index in [2.05, 4.69) is 24.1 Å². The Labute approximate surface area is 131 Å². The lowest BCUT2D eigenvalue weighted by atomic mass is 10.1. The number of carbonyl (C=O) groups is 1. The Morgan fingerprint density at radius 2 is 1.57 bits per heavy atom. The molecule has 0 saturated carbocycles. The molecule has 0 aromatic heterocycles. The van der Waals surface area contributed by atoms with Gasteiger partial charge in [-0.25, -0.2) is 0 Å². The lowest BCUT2D eigenvalue weighted by molar-refractivity contribution is -0.121. The fraction of sp³-hybridized carbons (Fsp3) is 0.941. The van der Waals surface area contributed by atoms with E-state index in [1.807, 2.05) is 0 Å². The van der Waals surface area contributed by atoms with Crippen molar-refractivity contribution in [3.63, 3.8) is 0 Å². The van der Waals surface area contributed by atoms with Gasteiger partial charge in [-0.1, -0.05) is 52.4 Å². The SMILES string of the molecule is CCCCC(=O)NCN(CC)CCCCCCCCCO. The molecule has 2 N–H and O–H groups in total. The first-order chi connectivity index (χ1) is 10.2. The average molecular weight is 300 g/mol. The fourth-order valence-electron chi connectivity index (χ4n) is 2.31. The molecule has 1 amide bonds. The summed E-state index contributed by atoms with van der Waals surface area (Å²) >= 11 is 0. The van der Waals surface area contributed by atoms with E-state index in [-0.39, 0.29) is 5.91 Å². The zero-order valence-electron chi connectivity index (χ0n) is 14.2. The zero-order chi connectivity index (χ0) is 15.8. The number of hydrogen-bond donors (Lipinski definition) is 2. The molecule has 126 valence electrons. The van der Waals surface area contributed by atoms with Gasteiger partial charge in [0.05, 0.1) is 6.67 Å². The molecule has 4 heteroatoms. The highest BCUT2D eigenvalue weighted by atomic mass is 16.2. The summed E-state index contributed by atoms with van der Waals surface area (Å²) in [5, 5.41) is 11.7. The molecule has 0 fully saturated rings. The van der Waals surface area contributed by atoms with Crippen LogP contribution in [-0.2, 0) is 4.79 Å². The average Bonchev–Trinajstić information content (AvgIpc) is 2.50. The summed E-state index contributed by atoms with van der Waals surface area (Å²) in [5.41, 5.74) is 0. The van der Waals surface area contributed by atoms with Crippen LogP contribution in [0.1, 0.15) is 78.1 Å². The highest BCUT2D eigenvalue weighted by Crippen LogP contribution is 2.07. The van der Waals surface area contributed by atoms with Crippen LogP contribution in [0.3, 0.4) is 0 Å². The highest BCUT2D eigenvalue weighted by Gasteiger charge is 2.04. The van der Waals surface area contributed by atoms with E-state index in [0.717, 1.165) is 38.8 Å². The minimum Gasteiger partial charge on any atom is -0.396 e. The van der Waals surface area contributed by atoms with Crippen LogP contribution in [0.25, 0.3) is 0 Å². The van der Waals surface area contributed by atoms with Crippen LogP contribution in [0.2, 0.25) is 0 Å². The summed E-state index contributed by atoms with van der Waals surface area (Å²) in [6.45, 7) is 7.33. The maximum absolute atomic E-state index is 11.6. The third-order valence-electron chi connectivity index (χ3n) is 3.84. The van der Waals surface area contributed by atoms with Gasteiger partial charge in [-0.3, -0.25) is 9.69 Å². The second kappa shape index (κ2) is 15.8. The van der Waals surface area contributed by atoms with E-state index >= 15 is 0 Å². The Bertz CT molecular complexity index is 235. The van der Waals surface area contributed by atoms with Gasteiger partial charge in [0.25, 0.3) is 0 Å². The first-order valence-corrected chi connectivity index (χ1v) is 8.84. The number of rotatable bonds is 15. The summed E-state index contributed by atoms with van der Waals surface area (Å²) in [6, 6.07) is 0. The predicted octanol–water partition coefficient (Wildman–Crippen LogP) is 3.30. The smallest absolute Gasteiger partial charge is 0.220 e. The molecule has 0 aliphatic carbocycles. The van der Waals surface area contributed by atoms with Crippen molar-refractivity contribution in [2.24, 2.45) is 0 Å². The molecule has 0 aliphatic heterocycles. The van der Waals surface area contributed by atoms with Crippen LogP contribution in [0.5, 0.6) is 0 Å². The molecular formula is C17H36N2O2. The normalized spacial score (nSPS) is 11.0. The standard InChI is InChI=1S/C17H36N2O2/c1-3-5-13-17(21)18-16-19(4-2)14-11-9-7-6-8-10-12-15-20/h20H,3-16H2,1-2H3,(H,18,21). The molecule has 21 heavy (non-hydrogen) atoms. The fourth-order valence-corrected chi connectivity index (χ4v) is 2.31. The summed E-state index contributed by atoms with van der Waals surface area (Å²) in [7, 11) is 0. The van der Waals surface area contributed by atoms with Gasteiger partial charge in [-0.15, -0.1) is 0 Å². The summed E-state index contributed by atoms with van der Waals surface area (Å²) in [4.78, 5) is 13.9.